The lowest BCUT2D eigenvalue weighted by Crippen LogP contribution is -2.42. The van der Waals surface area contributed by atoms with E-state index in [-0.39, 0.29) is 17.6 Å². The molecule has 0 spiro atoms. The summed E-state index contributed by atoms with van der Waals surface area (Å²) in [7, 11) is 0. The van der Waals surface area contributed by atoms with Gasteiger partial charge in [-0.05, 0) is 37.3 Å². The number of carbonyl (C=O) groups excluding carboxylic acids is 2. The molecule has 0 bridgehead atoms. The Balaban J connectivity index is 1.37. The van der Waals surface area contributed by atoms with Crippen molar-refractivity contribution >= 4 is 23.0 Å². The van der Waals surface area contributed by atoms with E-state index in [9.17, 15) is 9.59 Å². The molecule has 1 atom stereocenters. The smallest absolute Gasteiger partial charge is 0.222 e. The zero-order chi connectivity index (χ0) is 20.9. The fourth-order valence-corrected chi connectivity index (χ4v) is 4.84. The number of Topliss-reactive ketones (excluding diaryl/α,β-unsaturated/α-hetero) is 1. The predicted molar refractivity (Wildman–Crippen MR) is 121 cm³/mol. The lowest BCUT2D eigenvalue weighted by Gasteiger charge is -2.32. The Kier molecular flexibility index (Phi) is 6.38. The maximum atomic E-state index is 13.1. The normalized spacial score (nSPS) is 16.4. The molecule has 4 rings (SSSR count). The van der Waals surface area contributed by atoms with E-state index in [1.165, 1.54) is 4.88 Å². The van der Waals surface area contributed by atoms with Gasteiger partial charge in [-0.2, -0.15) is 0 Å². The van der Waals surface area contributed by atoms with E-state index in [1.54, 1.807) is 11.3 Å². The number of benzene rings is 2. The summed E-state index contributed by atoms with van der Waals surface area (Å²) in [6.45, 7) is 3.26. The van der Waals surface area contributed by atoms with Gasteiger partial charge in [0.2, 0.25) is 5.91 Å². The van der Waals surface area contributed by atoms with Crippen molar-refractivity contribution < 1.29 is 9.59 Å². The number of aryl methyl sites for hydroxylation is 2. The van der Waals surface area contributed by atoms with Crippen molar-refractivity contribution in [2.45, 2.75) is 32.6 Å². The van der Waals surface area contributed by atoms with Gasteiger partial charge in [-0.3, -0.25) is 9.59 Å². The van der Waals surface area contributed by atoms with Crippen LogP contribution in [0.4, 0.5) is 0 Å². The van der Waals surface area contributed by atoms with Gasteiger partial charge < -0.3 is 4.90 Å². The number of aromatic nitrogens is 1. The minimum atomic E-state index is -0.115. The zero-order valence-electron chi connectivity index (χ0n) is 17.2. The molecule has 1 aliphatic heterocycles. The third kappa shape index (κ3) is 4.68. The van der Waals surface area contributed by atoms with Crippen LogP contribution in [0.25, 0.3) is 11.1 Å². The van der Waals surface area contributed by atoms with Crippen molar-refractivity contribution in [2.24, 2.45) is 5.92 Å². The summed E-state index contributed by atoms with van der Waals surface area (Å²) in [6.07, 6.45) is 2.93. The molecule has 0 saturated carbocycles. The molecule has 0 radical (unpaired) electrons. The van der Waals surface area contributed by atoms with Crippen molar-refractivity contribution in [3.05, 3.63) is 76.2 Å². The first-order valence-corrected chi connectivity index (χ1v) is 11.4. The van der Waals surface area contributed by atoms with Gasteiger partial charge in [0.15, 0.2) is 5.78 Å². The van der Waals surface area contributed by atoms with Crippen LogP contribution in [-0.2, 0) is 11.2 Å². The summed E-state index contributed by atoms with van der Waals surface area (Å²) in [5, 5.41) is 0. The molecule has 1 fully saturated rings. The fraction of sp³-hybridized carbons (Fsp3) is 0.320. The van der Waals surface area contributed by atoms with E-state index in [0.29, 0.717) is 13.0 Å². The molecule has 2 aromatic carbocycles. The zero-order valence-corrected chi connectivity index (χ0v) is 18.0. The maximum Gasteiger partial charge on any atom is 0.222 e. The van der Waals surface area contributed by atoms with Crippen LogP contribution in [0.2, 0.25) is 0 Å². The monoisotopic (exact) mass is 418 g/mol. The van der Waals surface area contributed by atoms with Crippen LogP contribution in [0.1, 0.15) is 40.2 Å². The second-order valence-corrected chi connectivity index (χ2v) is 8.79. The summed E-state index contributed by atoms with van der Waals surface area (Å²) in [6, 6.07) is 18.0. The van der Waals surface area contributed by atoms with Gasteiger partial charge in [0.05, 0.1) is 11.2 Å². The molecule has 1 aromatic heterocycles. The van der Waals surface area contributed by atoms with Gasteiger partial charge in [-0.1, -0.05) is 54.6 Å². The Hall–Kier alpha value is -2.79. The van der Waals surface area contributed by atoms with Gasteiger partial charge in [0, 0.05) is 35.9 Å². The number of rotatable bonds is 6. The number of likely N-dealkylation sites (tertiary alicyclic amines) is 1. The van der Waals surface area contributed by atoms with E-state index in [2.05, 4.69) is 17.1 Å². The predicted octanol–water partition coefficient (Wildman–Crippen LogP) is 5.17. The molecule has 0 aliphatic carbocycles. The van der Waals surface area contributed by atoms with Crippen molar-refractivity contribution in [1.29, 1.82) is 0 Å². The summed E-state index contributed by atoms with van der Waals surface area (Å²) < 4.78 is 0. The summed E-state index contributed by atoms with van der Waals surface area (Å²) in [5.74, 6) is 0.167. The van der Waals surface area contributed by atoms with E-state index >= 15 is 0 Å². The summed E-state index contributed by atoms with van der Waals surface area (Å²) in [5.41, 5.74) is 5.81. The van der Waals surface area contributed by atoms with Crippen LogP contribution >= 0.6 is 11.3 Å². The first-order valence-electron chi connectivity index (χ1n) is 10.5. The van der Waals surface area contributed by atoms with Gasteiger partial charge in [-0.25, -0.2) is 4.98 Å². The molecule has 4 nitrogen and oxygen atoms in total. The molecule has 0 unspecified atom stereocenters. The average molecular weight is 419 g/mol. The Morgan fingerprint density at radius 3 is 2.50 bits per heavy atom. The molecule has 2 heterocycles. The van der Waals surface area contributed by atoms with E-state index in [1.807, 2.05) is 59.8 Å². The second kappa shape index (κ2) is 9.35. The average Bonchev–Trinajstić information content (AvgIpc) is 3.22. The molecular formula is C25H26N2O2S. The third-order valence-corrected chi connectivity index (χ3v) is 6.83. The molecule has 5 heteroatoms. The van der Waals surface area contributed by atoms with Crippen molar-refractivity contribution in [3.63, 3.8) is 0 Å². The molecule has 3 aromatic rings. The third-order valence-electron chi connectivity index (χ3n) is 5.83. The Morgan fingerprint density at radius 1 is 1.07 bits per heavy atom. The quantitative estimate of drug-likeness (QED) is 0.519. The largest absolute Gasteiger partial charge is 0.342 e. The highest BCUT2D eigenvalue weighted by molar-refractivity contribution is 7.09. The van der Waals surface area contributed by atoms with Crippen LogP contribution < -0.4 is 0 Å². The highest BCUT2D eigenvalue weighted by Gasteiger charge is 2.29. The number of ketones is 1. The highest BCUT2D eigenvalue weighted by Crippen LogP contribution is 2.25. The van der Waals surface area contributed by atoms with Gasteiger partial charge in [0.1, 0.15) is 0 Å². The summed E-state index contributed by atoms with van der Waals surface area (Å²) in [4.78, 5) is 33.1. The van der Waals surface area contributed by atoms with Crippen LogP contribution in [0, 0.1) is 12.8 Å². The number of hydrogen-bond donors (Lipinski definition) is 0. The molecule has 1 amide bonds. The molecule has 1 aliphatic rings. The molecule has 30 heavy (non-hydrogen) atoms. The standard InChI is InChI=1S/C25H26N2O2S/c1-18-23(30-17-26-18)13-14-24(28)27-15-5-8-22(16-27)25(29)21-11-9-20(10-12-21)19-6-3-2-4-7-19/h2-4,6-7,9-12,17,22H,5,8,13-16H2,1H3/t22-/m0/s1. The van der Waals surface area contributed by atoms with Crippen molar-refractivity contribution in [1.82, 2.24) is 9.88 Å². The number of amides is 1. The SMILES string of the molecule is Cc1ncsc1CCC(=O)N1CCC[C@H](C(=O)c2ccc(-c3ccccc3)cc2)C1. The van der Waals surface area contributed by atoms with Crippen LogP contribution in [-0.4, -0.2) is 34.7 Å². The van der Waals surface area contributed by atoms with E-state index in [0.717, 1.165) is 48.2 Å². The van der Waals surface area contributed by atoms with Crippen LogP contribution in [0.3, 0.4) is 0 Å². The van der Waals surface area contributed by atoms with Crippen molar-refractivity contribution in [3.8, 4) is 11.1 Å². The minimum absolute atomic E-state index is 0.115. The number of carbonyl (C=O) groups is 2. The first-order chi connectivity index (χ1) is 14.6. The fourth-order valence-electron chi connectivity index (χ4n) is 4.06. The second-order valence-electron chi connectivity index (χ2n) is 7.85. The van der Waals surface area contributed by atoms with Gasteiger partial charge >= 0.3 is 0 Å². The molecule has 0 N–H and O–H groups in total. The van der Waals surface area contributed by atoms with Gasteiger partial charge in [-0.15, -0.1) is 11.3 Å². The van der Waals surface area contributed by atoms with Crippen LogP contribution in [0.5, 0.6) is 0 Å². The van der Waals surface area contributed by atoms with E-state index in [4.69, 9.17) is 0 Å². The highest BCUT2D eigenvalue weighted by atomic mass is 32.1. The molecule has 1 saturated heterocycles. The van der Waals surface area contributed by atoms with Crippen LogP contribution in [0.15, 0.2) is 60.1 Å². The lowest BCUT2D eigenvalue weighted by atomic mass is 9.89. The summed E-state index contributed by atoms with van der Waals surface area (Å²) >= 11 is 1.60. The number of hydrogen-bond acceptors (Lipinski definition) is 4. The maximum absolute atomic E-state index is 13.1. The lowest BCUT2D eigenvalue weighted by molar-refractivity contribution is -0.132. The van der Waals surface area contributed by atoms with Gasteiger partial charge in [0.25, 0.3) is 0 Å². The minimum Gasteiger partial charge on any atom is -0.342 e. The Morgan fingerprint density at radius 2 is 1.80 bits per heavy atom. The number of piperidine rings is 1. The molecule has 154 valence electrons. The topological polar surface area (TPSA) is 50.3 Å². The first kappa shape index (κ1) is 20.5. The molecular weight excluding hydrogens is 392 g/mol. The Labute approximate surface area is 181 Å². The van der Waals surface area contributed by atoms with Crippen molar-refractivity contribution in [2.75, 3.05) is 13.1 Å². The Bertz CT molecular complexity index is 1010. The van der Waals surface area contributed by atoms with E-state index < -0.39 is 0 Å². The number of nitrogens with zero attached hydrogens (tertiary/aromatic N) is 2. The number of thiazole rings is 1.